The van der Waals surface area contributed by atoms with Gasteiger partial charge in [-0.2, -0.15) is 0 Å². The number of hydrogen-bond acceptors (Lipinski definition) is 4. The Bertz CT molecular complexity index is 426. The molecule has 0 amide bonds. The Kier molecular flexibility index (Phi) is 6.77. The van der Waals surface area contributed by atoms with E-state index in [4.69, 9.17) is 16.3 Å². The number of nitrogens with zero attached hydrogens (tertiary/aromatic N) is 1. The number of nitro groups is 1. The summed E-state index contributed by atoms with van der Waals surface area (Å²) in [5, 5.41) is 14.4. The SMILES string of the molecule is CCCNC(COC)Cc1ccc([N+](=O)[O-])cc1Cl. The van der Waals surface area contributed by atoms with Gasteiger partial charge >= 0.3 is 0 Å². The first-order valence-corrected chi connectivity index (χ1v) is 6.61. The van der Waals surface area contributed by atoms with Crippen molar-refractivity contribution in [3.8, 4) is 0 Å². The average Bonchev–Trinajstić information content (AvgIpc) is 2.38. The summed E-state index contributed by atoms with van der Waals surface area (Å²) in [5.41, 5.74) is 0.900. The summed E-state index contributed by atoms with van der Waals surface area (Å²) in [6.07, 6.45) is 1.72. The standard InChI is InChI=1S/C13H19ClN2O3/c1-3-6-15-11(9-19-2)7-10-4-5-12(16(17)18)8-13(10)14/h4-5,8,11,15H,3,6-7,9H2,1-2H3. The molecule has 106 valence electrons. The average molecular weight is 287 g/mol. The number of non-ortho nitro benzene ring substituents is 1. The summed E-state index contributed by atoms with van der Waals surface area (Å²) >= 11 is 6.08. The van der Waals surface area contributed by atoms with Crippen molar-refractivity contribution < 1.29 is 9.66 Å². The van der Waals surface area contributed by atoms with Crippen LogP contribution in [0.1, 0.15) is 18.9 Å². The van der Waals surface area contributed by atoms with E-state index < -0.39 is 4.92 Å². The molecule has 0 bridgehead atoms. The van der Waals surface area contributed by atoms with Crippen LogP contribution in [-0.4, -0.2) is 31.2 Å². The number of methoxy groups -OCH3 is 1. The topological polar surface area (TPSA) is 64.4 Å². The second kappa shape index (κ2) is 8.09. The molecule has 0 saturated carbocycles. The van der Waals surface area contributed by atoms with Crippen LogP contribution in [0.2, 0.25) is 5.02 Å². The first-order chi connectivity index (χ1) is 9.08. The van der Waals surface area contributed by atoms with Crippen LogP contribution in [0.3, 0.4) is 0 Å². The lowest BCUT2D eigenvalue weighted by atomic mass is 10.1. The van der Waals surface area contributed by atoms with Crippen LogP contribution in [0.5, 0.6) is 0 Å². The molecule has 0 heterocycles. The van der Waals surface area contributed by atoms with Crippen molar-refractivity contribution in [3.05, 3.63) is 38.9 Å². The van der Waals surface area contributed by atoms with E-state index in [1.807, 2.05) is 0 Å². The molecule has 0 radical (unpaired) electrons. The van der Waals surface area contributed by atoms with E-state index in [1.54, 1.807) is 13.2 Å². The molecule has 1 aromatic carbocycles. The fourth-order valence-electron chi connectivity index (χ4n) is 1.82. The van der Waals surface area contributed by atoms with Crippen LogP contribution < -0.4 is 5.32 Å². The first-order valence-electron chi connectivity index (χ1n) is 6.23. The number of benzene rings is 1. The number of hydrogen-bond donors (Lipinski definition) is 1. The van der Waals surface area contributed by atoms with Crippen LogP contribution in [0.4, 0.5) is 5.69 Å². The molecule has 6 heteroatoms. The Hall–Kier alpha value is -1.17. The van der Waals surface area contributed by atoms with Gasteiger partial charge in [0.25, 0.3) is 5.69 Å². The summed E-state index contributed by atoms with van der Waals surface area (Å²) in [6, 6.07) is 4.73. The van der Waals surface area contributed by atoms with Gasteiger partial charge in [0, 0.05) is 25.3 Å². The van der Waals surface area contributed by atoms with E-state index in [9.17, 15) is 10.1 Å². The molecular weight excluding hydrogens is 268 g/mol. The van der Waals surface area contributed by atoms with Gasteiger partial charge in [0.05, 0.1) is 16.6 Å². The van der Waals surface area contributed by atoms with Gasteiger partial charge in [-0.1, -0.05) is 24.6 Å². The molecule has 1 rings (SSSR count). The zero-order valence-electron chi connectivity index (χ0n) is 11.2. The smallest absolute Gasteiger partial charge is 0.270 e. The maximum atomic E-state index is 10.6. The molecule has 1 N–H and O–H groups in total. The van der Waals surface area contributed by atoms with Crippen LogP contribution in [0.25, 0.3) is 0 Å². The third kappa shape index (κ3) is 5.14. The van der Waals surface area contributed by atoms with Gasteiger partial charge in [-0.25, -0.2) is 0 Å². The van der Waals surface area contributed by atoms with Crippen molar-refractivity contribution in [2.45, 2.75) is 25.8 Å². The molecule has 1 atom stereocenters. The van der Waals surface area contributed by atoms with E-state index >= 15 is 0 Å². The predicted molar refractivity (Wildman–Crippen MR) is 75.8 cm³/mol. The Labute approximate surface area is 118 Å². The summed E-state index contributed by atoms with van der Waals surface area (Å²) in [5.74, 6) is 0. The molecule has 1 unspecified atom stereocenters. The minimum atomic E-state index is -0.447. The number of ether oxygens (including phenoxy) is 1. The monoisotopic (exact) mass is 286 g/mol. The van der Waals surface area contributed by atoms with Crippen LogP contribution in [-0.2, 0) is 11.2 Å². The highest BCUT2D eigenvalue weighted by Crippen LogP contribution is 2.23. The Morgan fingerprint density at radius 2 is 2.26 bits per heavy atom. The predicted octanol–water partition coefficient (Wildman–Crippen LogP) is 2.81. The molecule has 1 aromatic rings. The lowest BCUT2D eigenvalue weighted by Crippen LogP contribution is -2.35. The Morgan fingerprint density at radius 1 is 1.53 bits per heavy atom. The molecule has 0 aromatic heterocycles. The molecule has 19 heavy (non-hydrogen) atoms. The van der Waals surface area contributed by atoms with Crippen molar-refractivity contribution in [2.24, 2.45) is 0 Å². The van der Waals surface area contributed by atoms with Crippen molar-refractivity contribution in [2.75, 3.05) is 20.3 Å². The van der Waals surface area contributed by atoms with Gasteiger partial charge in [-0.15, -0.1) is 0 Å². The molecule has 0 aliphatic carbocycles. The van der Waals surface area contributed by atoms with E-state index in [-0.39, 0.29) is 11.7 Å². The van der Waals surface area contributed by atoms with Crippen molar-refractivity contribution >= 4 is 17.3 Å². The molecule has 0 aliphatic heterocycles. The zero-order valence-corrected chi connectivity index (χ0v) is 11.9. The largest absolute Gasteiger partial charge is 0.383 e. The Balaban J connectivity index is 2.75. The van der Waals surface area contributed by atoms with Gasteiger partial charge in [0.1, 0.15) is 0 Å². The molecule has 0 spiro atoms. The van der Waals surface area contributed by atoms with E-state index in [2.05, 4.69) is 12.2 Å². The van der Waals surface area contributed by atoms with Gasteiger partial charge in [0.15, 0.2) is 0 Å². The quantitative estimate of drug-likeness (QED) is 0.589. The summed E-state index contributed by atoms with van der Waals surface area (Å²) in [4.78, 5) is 10.2. The second-order valence-corrected chi connectivity index (χ2v) is 4.75. The van der Waals surface area contributed by atoms with Gasteiger partial charge in [0.2, 0.25) is 0 Å². The maximum absolute atomic E-state index is 10.6. The van der Waals surface area contributed by atoms with E-state index in [0.29, 0.717) is 18.1 Å². The summed E-state index contributed by atoms with van der Waals surface area (Å²) < 4.78 is 5.16. The highest BCUT2D eigenvalue weighted by Gasteiger charge is 2.14. The van der Waals surface area contributed by atoms with E-state index in [1.165, 1.54) is 12.1 Å². The fraction of sp³-hybridized carbons (Fsp3) is 0.538. The molecule has 5 nitrogen and oxygen atoms in total. The fourth-order valence-corrected chi connectivity index (χ4v) is 2.07. The number of nitro benzene ring substituents is 1. The molecule has 0 fully saturated rings. The molecule has 0 aliphatic rings. The minimum absolute atomic E-state index is 0.0126. The number of nitrogens with one attached hydrogen (secondary N) is 1. The highest BCUT2D eigenvalue weighted by molar-refractivity contribution is 6.31. The van der Waals surface area contributed by atoms with Crippen LogP contribution >= 0.6 is 11.6 Å². The summed E-state index contributed by atoms with van der Waals surface area (Å²) in [7, 11) is 1.65. The third-order valence-electron chi connectivity index (χ3n) is 2.76. The molecule has 0 saturated heterocycles. The normalized spacial score (nSPS) is 12.4. The van der Waals surface area contributed by atoms with Crippen molar-refractivity contribution in [1.82, 2.24) is 5.32 Å². The minimum Gasteiger partial charge on any atom is -0.383 e. The van der Waals surface area contributed by atoms with Gasteiger partial charge < -0.3 is 10.1 Å². The lowest BCUT2D eigenvalue weighted by Gasteiger charge is -2.18. The van der Waals surface area contributed by atoms with Gasteiger partial charge in [-0.05, 0) is 24.9 Å². The zero-order chi connectivity index (χ0) is 14.3. The molecular formula is C13H19ClN2O3. The third-order valence-corrected chi connectivity index (χ3v) is 3.12. The Morgan fingerprint density at radius 3 is 2.79 bits per heavy atom. The highest BCUT2D eigenvalue weighted by atomic mass is 35.5. The second-order valence-electron chi connectivity index (χ2n) is 4.34. The van der Waals surface area contributed by atoms with Crippen molar-refractivity contribution in [3.63, 3.8) is 0 Å². The van der Waals surface area contributed by atoms with E-state index in [0.717, 1.165) is 18.5 Å². The lowest BCUT2D eigenvalue weighted by molar-refractivity contribution is -0.384. The maximum Gasteiger partial charge on any atom is 0.270 e. The van der Waals surface area contributed by atoms with Crippen LogP contribution in [0, 0.1) is 10.1 Å². The van der Waals surface area contributed by atoms with Gasteiger partial charge in [-0.3, -0.25) is 10.1 Å². The first kappa shape index (κ1) is 15.9. The number of halogens is 1. The number of rotatable bonds is 8. The van der Waals surface area contributed by atoms with Crippen LogP contribution in [0.15, 0.2) is 18.2 Å². The summed E-state index contributed by atoms with van der Waals surface area (Å²) in [6.45, 7) is 3.57. The van der Waals surface area contributed by atoms with Crippen molar-refractivity contribution in [1.29, 1.82) is 0 Å².